The van der Waals surface area contributed by atoms with Gasteiger partial charge in [0, 0.05) is 0 Å². The maximum absolute atomic E-state index is 6.98. The summed E-state index contributed by atoms with van der Waals surface area (Å²) in [5.74, 6) is 0. The van der Waals surface area contributed by atoms with E-state index in [2.05, 4.69) is 45.4 Å². The van der Waals surface area contributed by atoms with E-state index >= 15 is 0 Å². The molecule has 0 aromatic heterocycles. The molecule has 0 aromatic rings. The van der Waals surface area contributed by atoms with Crippen LogP contribution in [-0.2, 0) is 10.7 Å². The van der Waals surface area contributed by atoms with Crippen molar-refractivity contribution in [3.8, 4) is 0 Å². The molecule has 0 bridgehead atoms. The first-order chi connectivity index (χ1) is 4.80. The fourth-order valence-corrected chi connectivity index (χ4v) is 7.13. The van der Waals surface area contributed by atoms with Crippen LogP contribution in [-0.4, -0.2) is 0 Å². The third kappa shape index (κ3) is 2.45. The molecule has 1 rings (SSSR count). The van der Waals surface area contributed by atoms with Crippen LogP contribution in [0.5, 0.6) is 0 Å². The third-order valence-electron chi connectivity index (χ3n) is 1.86. The molecule has 0 heterocycles. The van der Waals surface area contributed by atoms with E-state index in [4.69, 9.17) is 9.58 Å². The molecule has 0 aromatic carbocycles. The molecule has 2 heteroatoms. The first-order valence-corrected chi connectivity index (χ1v) is 19.8. The van der Waals surface area contributed by atoms with E-state index < -0.39 is 10.7 Å². The molecular weight excluding hydrogens is 348 g/mol. The van der Waals surface area contributed by atoms with Crippen LogP contribution in [0.3, 0.4) is 0 Å². The molecule has 0 spiro atoms. The molecular formula is C10H20ClIr. The van der Waals surface area contributed by atoms with Crippen molar-refractivity contribution in [2.75, 3.05) is 0 Å². The normalized spacial score (nSPS) is 26.8. The molecule has 12 heavy (non-hydrogen) atoms. The molecule has 0 atom stereocenters. The summed E-state index contributed by atoms with van der Waals surface area (Å²) in [5.41, 5.74) is 11.3. The first-order valence-electron chi connectivity index (χ1n) is 3.68. The van der Waals surface area contributed by atoms with E-state index in [9.17, 15) is 0 Å². The minimum absolute atomic E-state index is 1.04. The van der Waals surface area contributed by atoms with Crippen LogP contribution in [0.1, 0.15) is 6.42 Å². The molecule has 0 saturated carbocycles. The molecule has 0 amide bonds. The van der Waals surface area contributed by atoms with Gasteiger partial charge < -0.3 is 0 Å². The minimum atomic E-state index is -3.70. The van der Waals surface area contributed by atoms with Gasteiger partial charge in [-0.25, -0.2) is 0 Å². The predicted octanol–water partition coefficient (Wildman–Crippen LogP) is 4.99. The number of halogens is 1. The van der Waals surface area contributed by atoms with E-state index in [0.29, 0.717) is 0 Å². The van der Waals surface area contributed by atoms with Gasteiger partial charge in [-0.15, -0.1) is 0 Å². The summed E-state index contributed by atoms with van der Waals surface area (Å²) in [5, 5.41) is 0. The van der Waals surface area contributed by atoms with E-state index in [1.165, 1.54) is 4.09 Å². The Balaban J connectivity index is 3.37. The summed E-state index contributed by atoms with van der Waals surface area (Å²) in [6, 6.07) is 0. The summed E-state index contributed by atoms with van der Waals surface area (Å²) in [4.78, 5) is 0. The van der Waals surface area contributed by atoms with Gasteiger partial charge in [-0.05, 0) is 0 Å². The van der Waals surface area contributed by atoms with Crippen LogP contribution < -0.4 is 0 Å². The van der Waals surface area contributed by atoms with E-state index in [1.807, 2.05) is 0 Å². The van der Waals surface area contributed by atoms with E-state index in [1.54, 1.807) is 0 Å². The van der Waals surface area contributed by atoms with Gasteiger partial charge in [0.25, 0.3) is 0 Å². The Bertz CT molecular complexity index is 285. The quantitative estimate of drug-likeness (QED) is 0.612. The van der Waals surface area contributed by atoms with Crippen LogP contribution in [0.2, 0.25) is 27.2 Å². The molecule has 0 N–H and O–H groups in total. The molecule has 0 unspecified atom stereocenters. The van der Waals surface area contributed by atoms with Crippen molar-refractivity contribution in [3.05, 3.63) is 22.3 Å². The van der Waals surface area contributed by atoms with Crippen molar-refractivity contribution in [2.45, 2.75) is 33.6 Å². The first kappa shape index (κ1) is 10.5. The molecule has 0 aliphatic heterocycles. The van der Waals surface area contributed by atoms with Crippen LogP contribution in [0.25, 0.3) is 0 Å². The molecule has 0 radical (unpaired) electrons. The maximum atomic E-state index is 6.98. The summed E-state index contributed by atoms with van der Waals surface area (Å²) in [6.07, 6.45) is 7.54. The van der Waals surface area contributed by atoms with Crippen molar-refractivity contribution >= 4 is 9.58 Å². The number of hydrogen-bond acceptors (Lipinski definition) is 0. The van der Waals surface area contributed by atoms with E-state index in [0.717, 1.165) is 6.42 Å². The zero-order valence-corrected chi connectivity index (χ0v) is 11.8. The second-order valence-electron chi connectivity index (χ2n) is 6.08. The van der Waals surface area contributed by atoms with Gasteiger partial charge in [-0.2, -0.15) is 0 Å². The Hall–Kier alpha value is 0.419. The molecule has 76 valence electrons. The van der Waals surface area contributed by atoms with Gasteiger partial charge in [-0.1, -0.05) is 0 Å². The Morgan fingerprint density at radius 1 is 1.17 bits per heavy atom. The zero-order valence-electron chi connectivity index (χ0n) is 8.65. The zero-order chi connectivity index (χ0) is 9.78. The topological polar surface area (TPSA) is 0 Å². The Labute approximate surface area is 76.1 Å². The van der Waals surface area contributed by atoms with Crippen molar-refractivity contribution < 1.29 is 10.7 Å². The summed E-state index contributed by atoms with van der Waals surface area (Å²) in [7, 11) is 3.28. The second-order valence-corrected chi connectivity index (χ2v) is 53.9. The standard InChI is InChI=1S/C5H5.5CH3.ClH.Ir/c1-2-4-5-3-1;;;;;;;/h1-3H,4H2;5*1H3;1H;/q;;;;;;;+1/p-1. The molecule has 1 aliphatic carbocycles. The number of rotatable bonds is 1. The van der Waals surface area contributed by atoms with Gasteiger partial charge in [0.1, 0.15) is 0 Å². The molecule has 0 nitrogen and oxygen atoms in total. The number of hydrogen-bond donors (Lipinski definition) is 0. The predicted molar refractivity (Wildman–Crippen MR) is 57.0 cm³/mol. The molecule has 0 fully saturated rings. The van der Waals surface area contributed by atoms with E-state index in [-0.39, 0.29) is 0 Å². The molecule has 1 aliphatic rings. The summed E-state index contributed by atoms with van der Waals surface area (Å²) in [6.45, 7) is 0. The van der Waals surface area contributed by atoms with Gasteiger partial charge >= 0.3 is 76.2 Å². The van der Waals surface area contributed by atoms with Gasteiger partial charge in [-0.3, -0.25) is 0 Å². The Kier molecular flexibility index (Phi) is 1.34. The van der Waals surface area contributed by atoms with Gasteiger partial charge in [0.2, 0.25) is 0 Å². The van der Waals surface area contributed by atoms with Crippen LogP contribution in [0.4, 0.5) is 0 Å². The Morgan fingerprint density at radius 3 is 1.83 bits per heavy atom. The van der Waals surface area contributed by atoms with Crippen LogP contribution in [0.15, 0.2) is 22.3 Å². The fraction of sp³-hybridized carbons (Fsp3) is 0.600. The van der Waals surface area contributed by atoms with Crippen molar-refractivity contribution in [1.82, 2.24) is 0 Å². The van der Waals surface area contributed by atoms with Gasteiger partial charge in [0.05, 0.1) is 0 Å². The average molecular weight is 368 g/mol. The summed E-state index contributed by atoms with van der Waals surface area (Å²) < 4.78 is 1.44. The third-order valence-corrected chi connectivity index (χ3v) is 12.3. The second kappa shape index (κ2) is 1.53. The fourth-order valence-electron chi connectivity index (χ4n) is 1.08. The Morgan fingerprint density at radius 2 is 1.67 bits per heavy atom. The number of allylic oxidation sites excluding steroid dienone is 4. The average Bonchev–Trinajstić information content (AvgIpc) is 1.99. The van der Waals surface area contributed by atoms with Crippen LogP contribution in [0, 0.1) is 0 Å². The van der Waals surface area contributed by atoms with Crippen molar-refractivity contribution in [2.24, 2.45) is 0 Å². The SMILES string of the molecule is [CH3][Ir]([CH3])([CH3])([CH3])([CH3])([Cl])[C]1=CC=CC1. The summed E-state index contributed by atoms with van der Waals surface area (Å²) >= 11 is 0. The van der Waals surface area contributed by atoms with Crippen molar-refractivity contribution in [1.29, 1.82) is 0 Å². The van der Waals surface area contributed by atoms with Crippen molar-refractivity contribution in [3.63, 3.8) is 0 Å². The van der Waals surface area contributed by atoms with Gasteiger partial charge in [0.15, 0.2) is 0 Å². The monoisotopic (exact) mass is 368 g/mol. The molecule has 0 saturated heterocycles. The van der Waals surface area contributed by atoms with Crippen LogP contribution >= 0.6 is 9.58 Å².